The molecule has 2 heterocycles. The van der Waals surface area contributed by atoms with Crippen molar-refractivity contribution >= 4 is 21.4 Å². The number of nitrogens with two attached hydrogens (primary N) is 1. The summed E-state index contributed by atoms with van der Waals surface area (Å²) >= 11 is 1.51. The third kappa shape index (κ3) is 2.85. The van der Waals surface area contributed by atoms with Crippen molar-refractivity contribution < 1.29 is 8.42 Å². The van der Waals surface area contributed by atoms with Gasteiger partial charge in [-0.15, -0.1) is 21.5 Å². The van der Waals surface area contributed by atoms with Gasteiger partial charge in [0.05, 0.1) is 4.88 Å². The molecule has 0 spiro atoms. The van der Waals surface area contributed by atoms with Crippen LogP contribution in [0.5, 0.6) is 0 Å². The summed E-state index contributed by atoms with van der Waals surface area (Å²) in [4.78, 5) is 0.919. The lowest BCUT2D eigenvalue weighted by atomic mass is 10.2. The maximum absolute atomic E-state index is 11.6. The molecule has 8 heteroatoms. The van der Waals surface area contributed by atoms with E-state index in [0.717, 1.165) is 10.4 Å². The Bertz CT molecular complexity index is 685. The van der Waals surface area contributed by atoms with Crippen LogP contribution in [0.15, 0.2) is 16.6 Å². The third-order valence-electron chi connectivity index (χ3n) is 2.58. The van der Waals surface area contributed by atoms with E-state index in [2.05, 4.69) is 10.2 Å². The van der Waals surface area contributed by atoms with E-state index in [0.29, 0.717) is 12.4 Å². The summed E-state index contributed by atoms with van der Waals surface area (Å²) in [6.45, 7) is 6.46. The third-order valence-corrected chi connectivity index (χ3v) is 4.41. The molecule has 2 aromatic heterocycles. The number of sulfonamides is 1. The van der Waals surface area contributed by atoms with Crippen LogP contribution in [-0.2, 0) is 16.6 Å². The van der Waals surface area contributed by atoms with Crippen LogP contribution < -0.4 is 5.14 Å². The molecule has 104 valence electrons. The second-order valence-corrected chi connectivity index (χ2v) is 7.16. The lowest BCUT2D eigenvalue weighted by Gasteiger charge is -2.11. The van der Waals surface area contributed by atoms with E-state index in [1.807, 2.05) is 32.2 Å². The maximum atomic E-state index is 11.6. The standard InChI is InChI=1S/C11H16N4O2S2/c1-7(2)6-15-10(9-8(3)4-5-18-9)13-14-11(15)19(12,16)17/h4-5,7H,6H2,1-3H3,(H2,12,16,17). The van der Waals surface area contributed by atoms with Gasteiger partial charge < -0.3 is 0 Å². The highest BCUT2D eigenvalue weighted by Crippen LogP contribution is 2.29. The van der Waals surface area contributed by atoms with Crippen molar-refractivity contribution in [2.45, 2.75) is 32.5 Å². The minimum absolute atomic E-state index is 0.177. The van der Waals surface area contributed by atoms with Gasteiger partial charge in [-0.2, -0.15) is 0 Å². The first kappa shape index (κ1) is 14.2. The maximum Gasteiger partial charge on any atom is 0.273 e. The molecule has 0 atom stereocenters. The molecule has 2 N–H and O–H groups in total. The van der Waals surface area contributed by atoms with Crippen molar-refractivity contribution in [3.8, 4) is 10.7 Å². The Morgan fingerprint density at radius 2 is 2.11 bits per heavy atom. The highest BCUT2D eigenvalue weighted by molar-refractivity contribution is 7.89. The molecule has 19 heavy (non-hydrogen) atoms. The van der Waals surface area contributed by atoms with E-state index in [1.165, 1.54) is 11.3 Å². The zero-order valence-electron chi connectivity index (χ0n) is 11.0. The van der Waals surface area contributed by atoms with E-state index >= 15 is 0 Å². The number of thiophene rings is 1. The van der Waals surface area contributed by atoms with Crippen LogP contribution in [0.25, 0.3) is 10.7 Å². The fourth-order valence-electron chi connectivity index (χ4n) is 1.80. The fourth-order valence-corrected chi connectivity index (χ4v) is 3.34. The number of rotatable bonds is 4. The van der Waals surface area contributed by atoms with Crippen LogP contribution in [0.2, 0.25) is 0 Å². The Morgan fingerprint density at radius 1 is 1.42 bits per heavy atom. The van der Waals surface area contributed by atoms with Gasteiger partial charge in [-0.05, 0) is 29.9 Å². The number of hydrogen-bond acceptors (Lipinski definition) is 5. The predicted octanol–water partition coefficient (Wildman–Crippen LogP) is 1.62. The number of aromatic nitrogens is 3. The minimum Gasteiger partial charge on any atom is -0.296 e. The van der Waals surface area contributed by atoms with E-state index in [9.17, 15) is 8.42 Å². The van der Waals surface area contributed by atoms with Crippen LogP contribution in [-0.4, -0.2) is 23.2 Å². The van der Waals surface area contributed by atoms with Gasteiger partial charge in [0.25, 0.3) is 15.2 Å². The molecule has 2 aromatic rings. The van der Waals surface area contributed by atoms with Gasteiger partial charge in [-0.25, -0.2) is 13.6 Å². The molecule has 0 aliphatic heterocycles. The summed E-state index contributed by atoms with van der Waals surface area (Å²) in [7, 11) is -3.87. The minimum atomic E-state index is -3.87. The van der Waals surface area contributed by atoms with Crippen molar-refractivity contribution in [1.29, 1.82) is 0 Å². The second-order valence-electron chi connectivity index (χ2n) is 4.79. The van der Waals surface area contributed by atoms with Gasteiger partial charge in [0.15, 0.2) is 5.82 Å². The van der Waals surface area contributed by atoms with Crippen molar-refractivity contribution in [2.24, 2.45) is 11.1 Å². The first-order valence-corrected chi connectivity index (χ1v) is 8.23. The molecule has 0 radical (unpaired) electrons. The Kier molecular flexibility index (Phi) is 3.75. The number of aryl methyl sites for hydroxylation is 1. The summed E-state index contributed by atoms with van der Waals surface area (Å²) in [6.07, 6.45) is 0. The molecule has 0 fully saturated rings. The average molecular weight is 300 g/mol. The van der Waals surface area contributed by atoms with Crippen LogP contribution in [0.3, 0.4) is 0 Å². The Labute approximate surface area is 116 Å². The molecule has 0 bridgehead atoms. The van der Waals surface area contributed by atoms with Crippen molar-refractivity contribution in [1.82, 2.24) is 14.8 Å². The smallest absolute Gasteiger partial charge is 0.273 e. The molecule has 0 unspecified atom stereocenters. The van der Waals surface area contributed by atoms with Crippen LogP contribution in [0.4, 0.5) is 0 Å². The zero-order valence-corrected chi connectivity index (χ0v) is 12.6. The van der Waals surface area contributed by atoms with Crippen LogP contribution >= 0.6 is 11.3 Å². The molecule has 0 aliphatic carbocycles. The van der Waals surface area contributed by atoms with Crippen molar-refractivity contribution in [3.63, 3.8) is 0 Å². The van der Waals surface area contributed by atoms with E-state index < -0.39 is 10.0 Å². The average Bonchev–Trinajstić information content (AvgIpc) is 2.82. The summed E-state index contributed by atoms with van der Waals surface area (Å²) in [5.41, 5.74) is 1.04. The lowest BCUT2D eigenvalue weighted by molar-refractivity contribution is 0.486. The van der Waals surface area contributed by atoms with Crippen molar-refractivity contribution in [2.75, 3.05) is 0 Å². The summed E-state index contributed by atoms with van der Waals surface area (Å²) < 4.78 is 24.7. The van der Waals surface area contributed by atoms with Crippen molar-refractivity contribution in [3.05, 3.63) is 17.0 Å². The number of hydrogen-bond donors (Lipinski definition) is 1. The highest BCUT2D eigenvalue weighted by Gasteiger charge is 2.23. The zero-order chi connectivity index (χ0) is 14.2. The topological polar surface area (TPSA) is 90.9 Å². The second kappa shape index (κ2) is 5.03. The quantitative estimate of drug-likeness (QED) is 0.928. The largest absolute Gasteiger partial charge is 0.296 e. The van der Waals surface area contributed by atoms with Crippen LogP contribution in [0, 0.1) is 12.8 Å². The molecular formula is C11H16N4O2S2. The Balaban J connectivity index is 2.63. The van der Waals surface area contributed by atoms with Gasteiger partial charge >= 0.3 is 0 Å². The van der Waals surface area contributed by atoms with E-state index in [-0.39, 0.29) is 11.1 Å². The molecule has 0 amide bonds. The molecule has 0 saturated heterocycles. The van der Waals surface area contributed by atoms with Gasteiger partial charge in [0, 0.05) is 6.54 Å². The normalized spacial score (nSPS) is 12.3. The van der Waals surface area contributed by atoms with E-state index in [1.54, 1.807) is 4.57 Å². The number of nitrogens with zero attached hydrogens (tertiary/aromatic N) is 3. The summed E-state index contributed by atoms with van der Waals surface area (Å²) in [5.74, 6) is 0.820. The summed E-state index contributed by atoms with van der Waals surface area (Å²) in [6, 6.07) is 1.96. The number of primary sulfonamides is 1. The molecule has 0 saturated carbocycles. The molecule has 0 aliphatic rings. The highest BCUT2D eigenvalue weighted by atomic mass is 32.2. The Morgan fingerprint density at radius 3 is 2.58 bits per heavy atom. The molecule has 6 nitrogen and oxygen atoms in total. The lowest BCUT2D eigenvalue weighted by Crippen LogP contribution is -2.20. The summed E-state index contributed by atoms with van der Waals surface area (Å²) in [5, 5.41) is 14.7. The first-order valence-electron chi connectivity index (χ1n) is 5.81. The first-order chi connectivity index (χ1) is 8.80. The SMILES string of the molecule is Cc1ccsc1-c1nnc(S(N)(=O)=O)n1CC(C)C. The van der Waals surface area contributed by atoms with Crippen LogP contribution in [0.1, 0.15) is 19.4 Å². The van der Waals surface area contributed by atoms with Gasteiger partial charge in [-0.3, -0.25) is 4.57 Å². The van der Waals surface area contributed by atoms with Gasteiger partial charge in [0.2, 0.25) is 0 Å². The fraction of sp³-hybridized carbons (Fsp3) is 0.455. The monoisotopic (exact) mass is 300 g/mol. The molecule has 2 rings (SSSR count). The van der Waals surface area contributed by atoms with Gasteiger partial charge in [0.1, 0.15) is 0 Å². The Hall–Kier alpha value is -1.25. The molecular weight excluding hydrogens is 284 g/mol. The van der Waals surface area contributed by atoms with E-state index in [4.69, 9.17) is 5.14 Å². The molecule has 0 aromatic carbocycles. The van der Waals surface area contributed by atoms with Gasteiger partial charge in [-0.1, -0.05) is 13.8 Å². The predicted molar refractivity (Wildman–Crippen MR) is 74.3 cm³/mol.